The molecule has 0 spiro atoms. The second-order valence-corrected chi connectivity index (χ2v) is 6.53. The van der Waals surface area contributed by atoms with Crippen molar-refractivity contribution < 1.29 is 4.42 Å². The Hall–Kier alpha value is -3.59. The van der Waals surface area contributed by atoms with Gasteiger partial charge in [0.25, 0.3) is 0 Å². The zero-order chi connectivity index (χ0) is 17.1. The monoisotopic (exact) mass is 334 g/mol. The highest BCUT2D eigenvalue weighted by molar-refractivity contribution is 6.18. The van der Waals surface area contributed by atoms with Gasteiger partial charge >= 0.3 is 0 Å². The standard InChI is InChI=1S/C23H14N2O/c1-2-6-16-15(5-1)13-24-14-21(16)25-20-8-4-3-7-17(20)18-9-10-22-19(23(18)25)11-12-26-22/h1-14H. The number of benzene rings is 3. The van der Waals surface area contributed by atoms with E-state index in [9.17, 15) is 0 Å². The molecule has 26 heavy (non-hydrogen) atoms. The van der Waals surface area contributed by atoms with E-state index in [1.807, 2.05) is 24.5 Å². The highest BCUT2D eigenvalue weighted by atomic mass is 16.3. The van der Waals surface area contributed by atoms with Crippen LogP contribution in [-0.4, -0.2) is 9.55 Å². The van der Waals surface area contributed by atoms with Crippen molar-refractivity contribution >= 4 is 43.5 Å². The second-order valence-electron chi connectivity index (χ2n) is 6.53. The second kappa shape index (κ2) is 4.96. The van der Waals surface area contributed by atoms with Crippen molar-refractivity contribution in [2.24, 2.45) is 0 Å². The maximum absolute atomic E-state index is 5.67. The molecular weight excluding hydrogens is 320 g/mol. The van der Waals surface area contributed by atoms with Gasteiger partial charge in [0.15, 0.2) is 0 Å². The molecule has 6 rings (SSSR count). The fraction of sp³-hybridized carbons (Fsp3) is 0. The van der Waals surface area contributed by atoms with Crippen molar-refractivity contribution in [2.75, 3.05) is 0 Å². The maximum atomic E-state index is 5.67. The zero-order valence-electron chi connectivity index (χ0n) is 13.9. The summed E-state index contributed by atoms with van der Waals surface area (Å²) in [6, 6.07) is 23.2. The maximum Gasteiger partial charge on any atom is 0.136 e. The minimum Gasteiger partial charge on any atom is -0.464 e. The Bertz CT molecular complexity index is 1430. The van der Waals surface area contributed by atoms with Crippen LogP contribution in [0.15, 0.2) is 89.8 Å². The van der Waals surface area contributed by atoms with E-state index in [-0.39, 0.29) is 0 Å². The third-order valence-corrected chi connectivity index (χ3v) is 5.15. The number of para-hydroxylation sites is 1. The van der Waals surface area contributed by atoms with Crippen LogP contribution in [0.1, 0.15) is 0 Å². The fourth-order valence-electron chi connectivity index (χ4n) is 4.03. The molecule has 3 nitrogen and oxygen atoms in total. The predicted octanol–water partition coefficient (Wildman–Crippen LogP) is 6.08. The summed E-state index contributed by atoms with van der Waals surface area (Å²) in [4.78, 5) is 4.51. The summed E-state index contributed by atoms with van der Waals surface area (Å²) in [6.07, 6.45) is 5.63. The van der Waals surface area contributed by atoms with E-state index in [1.54, 1.807) is 6.26 Å². The van der Waals surface area contributed by atoms with Crippen molar-refractivity contribution in [3.05, 3.63) is 85.4 Å². The Labute approximate surface area is 149 Å². The molecule has 0 N–H and O–H groups in total. The van der Waals surface area contributed by atoms with E-state index in [0.29, 0.717) is 0 Å². The Kier molecular flexibility index (Phi) is 2.61. The molecule has 0 aliphatic carbocycles. The van der Waals surface area contributed by atoms with Crippen molar-refractivity contribution in [2.45, 2.75) is 0 Å². The molecule has 122 valence electrons. The van der Waals surface area contributed by atoms with Crippen LogP contribution < -0.4 is 0 Å². The summed E-state index contributed by atoms with van der Waals surface area (Å²) in [6.45, 7) is 0. The molecule has 0 aliphatic rings. The lowest BCUT2D eigenvalue weighted by Crippen LogP contribution is -1.96. The third-order valence-electron chi connectivity index (χ3n) is 5.15. The molecule has 0 unspecified atom stereocenters. The summed E-state index contributed by atoms with van der Waals surface area (Å²) >= 11 is 0. The largest absolute Gasteiger partial charge is 0.464 e. The number of fused-ring (bicyclic) bond motifs is 6. The molecule has 0 saturated carbocycles. The normalized spacial score (nSPS) is 11.8. The van der Waals surface area contributed by atoms with Gasteiger partial charge in [0.05, 0.1) is 29.2 Å². The zero-order valence-corrected chi connectivity index (χ0v) is 13.9. The van der Waals surface area contributed by atoms with E-state index in [0.717, 1.165) is 27.6 Å². The molecule has 3 aromatic heterocycles. The van der Waals surface area contributed by atoms with Gasteiger partial charge in [-0.3, -0.25) is 4.98 Å². The van der Waals surface area contributed by atoms with Gasteiger partial charge in [-0.15, -0.1) is 0 Å². The number of aromatic nitrogens is 2. The number of furan rings is 1. The topological polar surface area (TPSA) is 31.0 Å². The summed E-state index contributed by atoms with van der Waals surface area (Å²) in [5.41, 5.74) is 4.32. The average molecular weight is 334 g/mol. The van der Waals surface area contributed by atoms with Gasteiger partial charge in [0, 0.05) is 33.1 Å². The van der Waals surface area contributed by atoms with Gasteiger partial charge in [-0.25, -0.2) is 0 Å². The van der Waals surface area contributed by atoms with E-state index >= 15 is 0 Å². The number of rotatable bonds is 1. The highest BCUT2D eigenvalue weighted by Gasteiger charge is 2.17. The molecule has 0 atom stereocenters. The number of hydrogen-bond acceptors (Lipinski definition) is 2. The molecule has 0 bridgehead atoms. The van der Waals surface area contributed by atoms with Gasteiger partial charge in [-0.05, 0) is 24.3 Å². The van der Waals surface area contributed by atoms with Gasteiger partial charge in [-0.1, -0.05) is 42.5 Å². The molecule has 0 aliphatic heterocycles. The van der Waals surface area contributed by atoms with Crippen LogP contribution in [0.3, 0.4) is 0 Å². The van der Waals surface area contributed by atoms with E-state index in [1.165, 1.54) is 21.7 Å². The van der Waals surface area contributed by atoms with Crippen LogP contribution in [0.2, 0.25) is 0 Å². The Morgan fingerprint density at radius 3 is 2.50 bits per heavy atom. The van der Waals surface area contributed by atoms with Crippen LogP contribution in [0.4, 0.5) is 0 Å². The SMILES string of the molecule is c1ccc2c(-n3c4ccccc4c4ccc5occc5c43)cncc2c1. The first kappa shape index (κ1) is 13.7. The minimum absolute atomic E-state index is 0.898. The van der Waals surface area contributed by atoms with E-state index in [2.05, 4.69) is 64.1 Å². The van der Waals surface area contributed by atoms with Crippen LogP contribution in [0.25, 0.3) is 49.2 Å². The average Bonchev–Trinajstić information content (AvgIpc) is 3.30. The molecular formula is C23H14N2O. The van der Waals surface area contributed by atoms with Gasteiger partial charge < -0.3 is 8.98 Å². The quantitative estimate of drug-likeness (QED) is 0.365. The molecule has 0 fully saturated rings. The van der Waals surface area contributed by atoms with Gasteiger partial charge in [0.2, 0.25) is 0 Å². The summed E-state index contributed by atoms with van der Waals surface area (Å²) < 4.78 is 7.99. The lowest BCUT2D eigenvalue weighted by atomic mass is 10.1. The predicted molar refractivity (Wildman–Crippen MR) is 106 cm³/mol. The Balaban J connectivity index is 1.92. The summed E-state index contributed by atoms with van der Waals surface area (Å²) in [5.74, 6) is 0. The first-order chi connectivity index (χ1) is 12.9. The van der Waals surface area contributed by atoms with Crippen molar-refractivity contribution in [1.82, 2.24) is 9.55 Å². The van der Waals surface area contributed by atoms with E-state index in [4.69, 9.17) is 4.42 Å². The number of nitrogens with zero attached hydrogens (tertiary/aromatic N) is 2. The first-order valence-electron chi connectivity index (χ1n) is 8.64. The van der Waals surface area contributed by atoms with Crippen LogP contribution >= 0.6 is 0 Å². The lowest BCUT2D eigenvalue weighted by Gasteiger charge is -2.11. The van der Waals surface area contributed by atoms with Crippen molar-refractivity contribution in [3.8, 4) is 5.69 Å². The molecule has 3 heteroatoms. The van der Waals surface area contributed by atoms with Gasteiger partial charge in [-0.2, -0.15) is 0 Å². The molecule has 3 heterocycles. The first-order valence-corrected chi connectivity index (χ1v) is 8.64. The Morgan fingerprint density at radius 2 is 1.54 bits per heavy atom. The summed E-state index contributed by atoms with van der Waals surface area (Å²) in [5, 5.41) is 5.90. The fourth-order valence-corrected chi connectivity index (χ4v) is 4.03. The lowest BCUT2D eigenvalue weighted by molar-refractivity contribution is 0.616. The summed E-state index contributed by atoms with van der Waals surface area (Å²) in [7, 11) is 0. The molecule has 0 amide bonds. The van der Waals surface area contributed by atoms with Crippen LogP contribution in [0, 0.1) is 0 Å². The van der Waals surface area contributed by atoms with Crippen LogP contribution in [-0.2, 0) is 0 Å². The molecule has 6 aromatic rings. The van der Waals surface area contributed by atoms with Gasteiger partial charge in [0.1, 0.15) is 5.58 Å². The minimum atomic E-state index is 0.898. The van der Waals surface area contributed by atoms with Crippen molar-refractivity contribution in [3.63, 3.8) is 0 Å². The third kappa shape index (κ3) is 1.69. The van der Waals surface area contributed by atoms with Crippen LogP contribution in [0.5, 0.6) is 0 Å². The molecule has 0 saturated heterocycles. The number of hydrogen-bond donors (Lipinski definition) is 0. The smallest absolute Gasteiger partial charge is 0.136 e. The molecule has 3 aromatic carbocycles. The Morgan fingerprint density at radius 1 is 0.692 bits per heavy atom. The van der Waals surface area contributed by atoms with E-state index < -0.39 is 0 Å². The number of pyridine rings is 1. The van der Waals surface area contributed by atoms with Crippen molar-refractivity contribution in [1.29, 1.82) is 0 Å². The molecule has 0 radical (unpaired) electrons. The highest BCUT2D eigenvalue weighted by Crippen LogP contribution is 2.38.